The number of aromatic amines is 1. The lowest BCUT2D eigenvalue weighted by Crippen LogP contribution is -2.49. The lowest BCUT2D eigenvalue weighted by Gasteiger charge is -2.33. The van der Waals surface area contributed by atoms with Gasteiger partial charge in [-0.3, -0.25) is 9.59 Å². The molecular weight excluding hydrogens is 412 g/mol. The molecule has 3 aromatic carbocycles. The van der Waals surface area contributed by atoms with Crippen molar-refractivity contribution in [3.05, 3.63) is 78.1 Å². The monoisotopic (exact) mass is 440 g/mol. The Labute approximate surface area is 193 Å². The first-order valence-electron chi connectivity index (χ1n) is 11.6. The van der Waals surface area contributed by atoms with Crippen LogP contribution in [0.3, 0.4) is 0 Å². The van der Waals surface area contributed by atoms with Crippen LogP contribution in [0.25, 0.3) is 21.8 Å². The first-order chi connectivity index (χ1) is 16.1. The number of H-pyrrole nitrogens is 1. The van der Waals surface area contributed by atoms with Gasteiger partial charge in [-0.25, -0.2) is 4.98 Å². The minimum absolute atomic E-state index is 0.0238. The Morgan fingerprint density at radius 3 is 2.58 bits per heavy atom. The molecular formula is C27H28N4O2. The molecule has 1 aliphatic rings. The summed E-state index contributed by atoms with van der Waals surface area (Å²) in [6.07, 6.45) is 1.98. The van der Waals surface area contributed by atoms with Gasteiger partial charge < -0.3 is 15.2 Å². The van der Waals surface area contributed by atoms with E-state index in [1.54, 1.807) is 6.92 Å². The van der Waals surface area contributed by atoms with Crippen LogP contribution in [0.4, 0.5) is 0 Å². The lowest BCUT2D eigenvalue weighted by molar-refractivity contribution is -0.136. The summed E-state index contributed by atoms with van der Waals surface area (Å²) in [4.78, 5) is 35.7. The highest BCUT2D eigenvalue weighted by molar-refractivity contribution is 5.92. The zero-order chi connectivity index (χ0) is 22.8. The number of amides is 2. The minimum Gasteiger partial charge on any atom is -0.344 e. The zero-order valence-electron chi connectivity index (χ0n) is 18.8. The molecule has 2 heterocycles. The van der Waals surface area contributed by atoms with Crippen molar-refractivity contribution in [2.24, 2.45) is 0 Å². The van der Waals surface area contributed by atoms with Gasteiger partial charge in [-0.2, -0.15) is 0 Å². The standard InChI is InChI=1S/C27H28N4O2/c1-18(28-25(32)17-21-9-6-8-19-7-2-3-10-22(19)21)27(33)31-15-13-20(14-16-31)26-29-23-11-4-5-12-24(23)30-26/h2-12,18,20H,13-17H2,1H3,(H,28,32)(H,29,30)/t18-/m0/s1. The zero-order valence-corrected chi connectivity index (χ0v) is 18.8. The third-order valence-electron chi connectivity index (χ3n) is 6.58. The molecule has 4 aromatic rings. The Kier molecular flexibility index (Phi) is 5.82. The van der Waals surface area contributed by atoms with Crippen molar-refractivity contribution in [2.75, 3.05) is 13.1 Å². The number of rotatable bonds is 5. The Morgan fingerprint density at radius 2 is 1.76 bits per heavy atom. The average Bonchev–Trinajstić information content (AvgIpc) is 3.28. The number of fused-ring (bicyclic) bond motifs is 2. The van der Waals surface area contributed by atoms with Crippen LogP contribution in [0.5, 0.6) is 0 Å². The van der Waals surface area contributed by atoms with Crippen molar-refractivity contribution < 1.29 is 9.59 Å². The molecule has 1 atom stereocenters. The number of carbonyl (C=O) groups excluding carboxylic acids is 2. The first kappa shape index (κ1) is 21.2. The maximum Gasteiger partial charge on any atom is 0.244 e. The molecule has 0 saturated carbocycles. The molecule has 0 bridgehead atoms. The largest absolute Gasteiger partial charge is 0.344 e. The van der Waals surface area contributed by atoms with Crippen molar-refractivity contribution in [3.8, 4) is 0 Å². The van der Waals surface area contributed by atoms with Crippen LogP contribution in [0.1, 0.15) is 37.1 Å². The SMILES string of the molecule is C[C@H](NC(=O)Cc1cccc2ccccc12)C(=O)N1CCC(c2nc3ccccc3[nH]2)CC1. The summed E-state index contributed by atoms with van der Waals surface area (Å²) in [6, 6.07) is 21.5. The maximum absolute atomic E-state index is 13.0. The smallest absolute Gasteiger partial charge is 0.244 e. The predicted octanol–water partition coefficient (Wildman–Crippen LogP) is 4.17. The Bertz CT molecular complexity index is 1270. The summed E-state index contributed by atoms with van der Waals surface area (Å²) in [5.41, 5.74) is 3.00. The van der Waals surface area contributed by atoms with Gasteiger partial charge in [0.05, 0.1) is 17.5 Å². The average molecular weight is 441 g/mol. The molecule has 0 spiro atoms. The highest BCUT2D eigenvalue weighted by Gasteiger charge is 2.28. The van der Waals surface area contributed by atoms with Gasteiger partial charge in [-0.05, 0) is 48.2 Å². The van der Waals surface area contributed by atoms with Crippen molar-refractivity contribution >= 4 is 33.6 Å². The molecule has 1 saturated heterocycles. The van der Waals surface area contributed by atoms with Gasteiger partial charge in [-0.1, -0.05) is 54.6 Å². The highest BCUT2D eigenvalue weighted by atomic mass is 16.2. The number of hydrogen-bond donors (Lipinski definition) is 2. The fraction of sp³-hybridized carbons (Fsp3) is 0.296. The maximum atomic E-state index is 13.0. The van der Waals surface area contributed by atoms with Crippen molar-refractivity contribution in [2.45, 2.75) is 38.1 Å². The van der Waals surface area contributed by atoms with Crippen LogP contribution in [0.2, 0.25) is 0 Å². The summed E-state index contributed by atoms with van der Waals surface area (Å²) in [6.45, 7) is 3.11. The lowest BCUT2D eigenvalue weighted by atomic mass is 9.95. The van der Waals surface area contributed by atoms with Crippen LogP contribution in [-0.4, -0.2) is 45.8 Å². The predicted molar refractivity (Wildman–Crippen MR) is 130 cm³/mol. The molecule has 1 aliphatic heterocycles. The van der Waals surface area contributed by atoms with Gasteiger partial charge in [0.25, 0.3) is 0 Å². The van der Waals surface area contributed by atoms with E-state index in [1.165, 1.54) is 0 Å². The van der Waals surface area contributed by atoms with Crippen molar-refractivity contribution in [1.82, 2.24) is 20.2 Å². The molecule has 0 unspecified atom stereocenters. The summed E-state index contributed by atoms with van der Waals surface area (Å²) in [5.74, 6) is 1.16. The Hall–Kier alpha value is -3.67. The second-order valence-electron chi connectivity index (χ2n) is 8.84. The third kappa shape index (κ3) is 4.46. The number of hydrogen-bond acceptors (Lipinski definition) is 3. The van der Waals surface area contributed by atoms with E-state index in [0.29, 0.717) is 19.0 Å². The van der Waals surface area contributed by atoms with Gasteiger partial charge >= 0.3 is 0 Å². The second kappa shape index (κ2) is 9.06. The van der Waals surface area contributed by atoms with E-state index in [2.05, 4.69) is 10.3 Å². The van der Waals surface area contributed by atoms with Gasteiger partial charge in [0.15, 0.2) is 0 Å². The number of piperidine rings is 1. The summed E-state index contributed by atoms with van der Waals surface area (Å²) in [7, 11) is 0. The molecule has 5 rings (SSSR count). The molecule has 0 aliphatic carbocycles. The van der Waals surface area contributed by atoms with Gasteiger partial charge in [0, 0.05) is 19.0 Å². The number of imidazole rings is 1. The van der Waals surface area contributed by atoms with Crippen molar-refractivity contribution in [3.63, 3.8) is 0 Å². The second-order valence-corrected chi connectivity index (χ2v) is 8.84. The van der Waals surface area contributed by atoms with E-state index < -0.39 is 6.04 Å². The number of nitrogens with one attached hydrogen (secondary N) is 2. The van der Waals surface area contributed by atoms with Gasteiger partial charge in [0.1, 0.15) is 11.9 Å². The van der Waals surface area contributed by atoms with Crippen LogP contribution in [-0.2, 0) is 16.0 Å². The summed E-state index contributed by atoms with van der Waals surface area (Å²) < 4.78 is 0. The van der Waals surface area contributed by atoms with Crippen LogP contribution >= 0.6 is 0 Å². The first-order valence-corrected chi connectivity index (χ1v) is 11.6. The van der Waals surface area contributed by atoms with Crippen LogP contribution in [0, 0.1) is 0 Å². The van der Waals surface area contributed by atoms with Crippen LogP contribution in [0.15, 0.2) is 66.7 Å². The number of benzene rings is 3. The van der Waals surface area contributed by atoms with E-state index in [-0.39, 0.29) is 18.2 Å². The molecule has 168 valence electrons. The molecule has 1 fully saturated rings. The fourth-order valence-corrected chi connectivity index (χ4v) is 4.79. The van der Waals surface area contributed by atoms with Crippen LogP contribution < -0.4 is 5.32 Å². The van der Waals surface area contributed by atoms with Crippen molar-refractivity contribution in [1.29, 1.82) is 0 Å². The number of likely N-dealkylation sites (tertiary alicyclic amines) is 1. The van der Waals surface area contributed by atoms with E-state index in [9.17, 15) is 9.59 Å². The molecule has 6 heteroatoms. The number of aromatic nitrogens is 2. The van der Waals surface area contributed by atoms with Gasteiger partial charge in [0.2, 0.25) is 11.8 Å². The molecule has 0 radical (unpaired) electrons. The Morgan fingerprint density at radius 1 is 1.03 bits per heavy atom. The van der Waals surface area contributed by atoms with E-state index in [4.69, 9.17) is 4.98 Å². The molecule has 1 aromatic heterocycles. The number of para-hydroxylation sites is 2. The normalized spacial score (nSPS) is 15.6. The quantitative estimate of drug-likeness (QED) is 0.489. The topological polar surface area (TPSA) is 78.1 Å². The summed E-state index contributed by atoms with van der Waals surface area (Å²) in [5, 5.41) is 5.08. The third-order valence-corrected chi connectivity index (χ3v) is 6.58. The van der Waals surface area contributed by atoms with E-state index >= 15 is 0 Å². The molecule has 6 nitrogen and oxygen atoms in total. The molecule has 2 amide bonds. The van der Waals surface area contributed by atoms with E-state index in [0.717, 1.165) is 46.0 Å². The van der Waals surface area contributed by atoms with Gasteiger partial charge in [-0.15, -0.1) is 0 Å². The molecule has 33 heavy (non-hydrogen) atoms. The Balaban J connectivity index is 1.16. The summed E-state index contributed by atoms with van der Waals surface area (Å²) >= 11 is 0. The number of nitrogens with zero attached hydrogens (tertiary/aromatic N) is 2. The van der Waals surface area contributed by atoms with E-state index in [1.807, 2.05) is 71.6 Å². The number of carbonyl (C=O) groups is 2. The minimum atomic E-state index is -0.546. The fourth-order valence-electron chi connectivity index (χ4n) is 4.79. The molecule has 2 N–H and O–H groups in total. The highest BCUT2D eigenvalue weighted by Crippen LogP contribution is 2.28.